The van der Waals surface area contributed by atoms with Crippen LogP contribution in [0, 0.1) is 0 Å². The van der Waals surface area contributed by atoms with Gasteiger partial charge < -0.3 is 14.2 Å². The summed E-state index contributed by atoms with van der Waals surface area (Å²) in [5.74, 6) is -0.947. The molecule has 0 spiro atoms. The van der Waals surface area contributed by atoms with Crippen LogP contribution in [0.4, 0.5) is 0 Å². The van der Waals surface area contributed by atoms with E-state index in [1.165, 1.54) is 103 Å². The lowest BCUT2D eigenvalue weighted by Gasteiger charge is -2.18. The Bertz CT molecular complexity index is 1300. The molecule has 0 fully saturated rings. The first-order chi connectivity index (χ1) is 31.5. The van der Waals surface area contributed by atoms with Crippen molar-refractivity contribution in [3.8, 4) is 0 Å². The van der Waals surface area contributed by atoms with Crippen LogP contribution >= 0.6 is 0 Å². The van der Waals surface area contributed by atoms with Gasteiger partial charge in [-0.25, -0.2) is 0 Å². The summed E-state index contributed by atoms with van der Waals surface area (Å²) in [5.41, 5.74) is 0. The SMILES string of the molecule is CC\C=C/C=C\C=C/C=C\C=C\C=C/CCCCCC(=O)OCC(COC(=O)CCCCCCCCC/C=C\C/C=C\CC)OC(=O)CCCCCCCCCCCCCCCCC. The molecule has 0 aliphatic rings. The summed E-state index contributed by atoms with van der Waals surface area (Å²) in [7, 11) is 0. The monoisotopic (exact) mass is 889 g/mol. The average Bonchev–Trinajstić information content (AvgIpc) is 3.29. The number of carbonyl (C=O) groups is 3. The second kappa shape index (κ2) is 52.0. The van der Waals surface area contributed by atoms with E-state index in [2.05, 4.69) is 57.2 Å². The highest BCUT2D eigenvalue weighted by Crippen LogP contribution is 2.15. The van der Waals surface area contributed by atoms with Gasteiger partial charge in [0.25, 0.3) is 0 Å². The second-order valence-electron chi connectivity index (χ2n) is 17.2. The maximum absolute atomic E-state index is 12.8. The lowest BCUT2D eigenvalue weighted by molar-refractivity contribution is -0.167. The zero-order valence-corrected chi connectivity index (χ0v) is 41.5. The van der Waals surface area contributed by atoms with E-state index in [1.54, 1.807) is 0 Å². The number of ether oxygens (including phenoxy) is 3. The van der Waals surface area contributed by atoms with E-state index in [0.29, 0.717) is 19.3 Å². The largest absolute Gasteiger partial charge is 0.462 e. The predicted molar refractivity (Wildman–Crippen MR) is 274 cm³/mol. The van der Waals surface area contributed by atoms with E-state index in [4.69, 9.17) is 14.2 Å². The lowest BCUT2D eigenvalue weighted by atomic mass is 10.0. The number of rotatable bonds is 46. The standard InChI is InChI=1S/C58H96O6/c1-4-7-10-13-16-19-22-25-28-29-31-33-36-39-42-45-48-51-57(60)63-54-55(53-62-56(59)50-47-44-41-38-35-32-27-24-21-18-15-12-9-6-3)64-58(61)52-49-46-43-40-37-34-30-26-23-20-17-14-11-8-5-2/h7,9-10,12-13,16,18-19,21-22,25,28-29,31,33,36,55H,4-6,8,11,14-15,17,20,23-24,26-27,30,32,34-35,37-54H2,1-3H3/b10-7-,12-9-,16-13-,21-18-,22-19-,28-25-,31-29+,36-33-. The van der Waals surface area contributed by atoms with Crippen LogP contribution in [0.2, 0.25) is 0 Å². The third-order valence-corrected chi connectivity index (χ3v) is 11.0. The molecule has 0 aromatic heterocycles. The van der Waals surface area contributed by atoms with E-state index in [-0.39, 0.29) is 31.1 Å². The van der Waals surface area contributed by atoms with Crippen molar-refractivity contribution in [2.75, 3.05) is 13.2 Å². The molecular weight excluding hydrogens is 793 g/mol. The predicted octanol–water partition coefficient (Wildman–Crippen LogP) is 17.4. The molecule has 0 rings (SSSR count). The lowest BCUT2D eigenvalue weighted by Crippen LogP contribution is -2.30. The summed E-state index contributed by atoms with van der Waals surface area (Å²) >= 11 is 0. The highest BCUT2D eigenvalue weighted by Gasteiger charge is 2.19. The van der Waals surface area contributed by atoms with Crippen LogP contribution in [0.3, 0.4) is 0 Å². The summed E-state index contributed by atoms with van der Waals surface area (Å²) in [4.78, 5) is 38.0. The molecule has 364 valence electrons. The Morgan fingerprint density at radius 3 is 1.14 bits per heavy atom. The average molecular weight is 889 g/mol. The van der Waals surface area contributed by atoms with Crippen molar-refractivity contribution in [1.29, 1.82) is 0 Å². The van der Waals surface area contributed by atoms with Crippen molar-refractivity contribution in [2.45, 2.75) is 239 Å². The van der Waals surface area contributed by atoms with Crippen molar-refractivity contribution in [3.05, 3.63) is 97.2 Å². The van der Waals surface area contributed by atoms with Gasteiger partial charge in [0, 0.05) is 19.3 Å². The molecule has 1 atom stereocenters. The van der Waals surface area contributed by atoms with Gasteiger partial charge >= 0.3 is 17.9 Å². The number of hydrogen-bond donors (Lipinski definition) is 0. The van der Waals surface area contributed by atoms with Gasteiger partial charge in [-0.2, -0.15) is 0 Å². The van der Waals surface area contributed by atoms with Gasteiger partial charge in [-0.05, 0) is 64.2 Å². The molecule has 0 aromatic rings. The molecule has 64 heavy (non-hydrogen) atoms. The van der Waals surface area contributed by atoms with Crippen molar-refractivity contribution in [1.82, 2.24) is 0 Å². The van der Waals surface area contributed by atoms with Gasteiger partial charge in [0.15, 0.2) is 6.10 Å². The zero-order valence-electron chi connectivity index (χ0n) is 41.5. The van der Waals surface area contributed by atoms with E-state index >= 15 is 0 Å². The quantitative estimate of drug-likeness (QED) is 0.0199. The minimum absolute atomic E-state index is 0.0956. The molecule has 0 aliphatic heterocycles. The maximum Gasteiger partial charge on any atom is 0.306 e. The molecular formula is C58H96O6. The Morgan fingerprint density at radius 2 is 0.688 bits per heavy atom. The number of esters is 3. The van der Waals surface area contributed by atoms with Crippen LogP contribution in [0.25, 0.3) is 0 Å². The normalized spacial score (nSPS) is 12.9. The first-order valence-corrected chi connectivity index (χ1v) is 26.3. The highest BCUT2D eigenvalue weighted by atomic mass is 16.6. The van der Waals surface area contributed by atoms with Crippen LogP contribution in [0.1, 0.15) is 233 Å². The summed E-state index contributed by atoms with van der Waals surface area (Å²) in [6, 6.07) is 0. The van der Waals surface area contributed by atoms with Gasteiger partial charge in [-0.15, -0.1) is 0 Å². The number of unbranched alkanes of at least 4 members (excludes halogenated alkanes) is 24. The summed E-state index contributed by atoms with van der Waals surface area (Å²) in [6.07, 6.45) is 68.1. The first-order valence-electron chi connectivity index (χ1n) is 26.3. The molecule has 0 aromatic carbocycles. The summed E-state index contributed by atoms with van der Waals surface area (Å²) in [6.45, 7) is 6.35. The van der Waals surface area contributed by atoms with Crippen LogP contribution in [-0.2, 0) is 28.6 Å². The smallest absolute Gasteiger partial charge is 0.306 e. The van der Waals surface area contributed by atoms with Crippen molar-refractivity contribution in [2.24, 2.45) is 0 Å². The maximum atomic E-state index is 12.8. The molecule has 0 aliphatic carbocycles. The third-order valence-electron chi connectivity index (χ3n) is 11.0. The van der Waals surface area contributed by atoms with E-state index in [9.17, 15) is 14.4 Å². The Balaban J connectivity index is 4.48. The minimum atomic E-state index is -0.798. The number of carbonyl (C=O) groups excluding carboxylic acids is 3. The van der Waals surface area contributed by atoms with E-state index < -0.39 is 6.10 Å². The Hall–Kier alpha value is -3.67. The molecule has 6 nitrogen and oxygen atoms in total. The zero-order chi connectivity index (χ0) is 46.5. The van der Waals surface area contributed by atoms with Crippen molar-refractivity contribution < 1.29 is 28.6 Å². The van der Waals surface area contributed by atoms with Crippen LogP contribution in [-0.4, -0.2) is 37.2 Å². The Morgan fingerprint density at radius 1 is 0.344 bits per heavy atom. The molecule has 0 radical (unpaired) electrons. The third kappa shape index (κ3) is 49.3. The fourth-order valence-corrected chi connectivity index (χ4v) is 7.10. The molecule has 0 amide bonds. The van der Waals surface area contributed by atoms with E-state index in [0.717, 1.165) is 89.9 Å². The highest BCUT2D eigenvalue weighted by molar-refractivity contribution is 5.71. The summed E-state index contributed by atoms with van der Waals surface area (Å²) < 4.78 is 16.8. The van der Waals surface area contributed by atoms with Gasteiger partial charge in [0.1, 0.15) is 13.2 Å². The Labute approximate surface area is 394 Å². The molecule has 1 unspecified atom stereocenters. The molecule has 6 heteroatoms. The van der Waals surface area contributed by atoms with Gasteiger partial charge in [-0.1, -0.05) is 246 Å². The molecule has 0 N–H and O–H groups in total. The molecule has 0 saturated heterocycles. The fraction of sp³-hybridized carbons (Fsp3) is 0.672. The Kier molecular flexibility index (Phi) is 49.0. The molecule has 0 saturated carbocycles. The van der Waals surface area contributed by atoms with Crippen LogP contribution in [0.15, 0.2) is 97.2 Å². The molecule has 0 heterocycles. The van der Waals surface area contributed by atoms with Crippen LogP contribution < -0.4 is 0 Å². The fourth-order valence-electron chi connectivity index (χ4n) is 7.10. The topological polar surface area (TPSA) is 78.9 Å². The van der Waals surface area contributed by atoms with Gasteiger partial charge in [0.05, 0.1) is 0 Å². The molecule has 0 bridgehead atoms. The minimum Gasteiger partial charge on any atom is -0.462 e. The van der Waals surface area contributed by atoms with Gasteiger partial charge in [-0.3, -0.25) is 14.4 Å². The van der Waals surface area contributed by atoms with Gasteiger partial charge in [0.2, 0.25) is 0 Å². The first kappa shape index (κ1) is 60.3. The van der Waals surface area contributed by atoms with E-state index in [1.807, 2.05) is 60.8 Å². The number of hydrogen-bond acceptors (Lipinski definition) is 6. The summed E-state index contributed by atoms with van der Waals surface area (Å²) in [5, 5.41) is 0. The number of allylic oxidation sites excluding steroid dienone is 16. The second-order valence-corrected chi connectivity index (χ2v) is 17.2. The van der Waals surface area contributed by atoms with Crippen LogP contribution in [0.5, 0.6) is 0 Å². The van der Waals surface area contributed by atoms with Crippen molar-refractivity contribution in [3.63, 3.8) is 0 Å². The van der Waals surface area contributed by atoms with Crippen molar-refractivity contribution >= 4 is 17.9 Å².